The Morgan fingerprint density at radius 1 is 1.20 bits per heavy atom. The lowest BCUT2D eigenvalue weighted by molar-refractivity contribution is -0.385. The Labute approximate surface area is 169 Å². The summed E-state index contributed by atoms with van der Waals surface area (Å²) in [6, 6.07) is 7.43. The molecule has 3 rings (SSSR count). The number of methoxy groups -OCH3 is 1. The molecule has 0 unspecified atom stereocenters. The van der Waals surface area contributed by atoms with Gasteiger partial charge in [0, 0.05) is 36.5 Å². The molecule has 0 aliphatic rings. The Kier molecular flexibility index (Phi) is 5.54. The highest BCUT2D eigenvalue weighted by molar-refractivity contribution is 5.90. The lowest BCUT2D eigenvalue weighted by Gasteiger charge is -2.20. The normalized spacial score (nSPS) is 10.6. The van der Waals surface area contributed by atoms with E-state index in [0.29, 0.717) is 17.0 Å². The summed E-state index contributed by atoms with van der Waals surface area (Å²) in [6.45, 7) is 1.47. The number of nitro benzene ring substituents is 1. The fourth-order valence-electron chi connectivity index (χ4n) is 3.00. The molecule has 11 nitrogen and oxygen atoms in total. The SMILES string of the molecule is COc1ccc(NC(=O)N(C)Cc2c(C)c([N+](=O)[O-])cc3[nH]c(=O)c(=O)[nH]c23)cc1. The van der Waals surface area contributed by atoms with E-state index in [-0.39, 0.29) is 28.8 Å². The fourth-order valence-corrected chi connectivity index (χ4v) is 3.00. The first-order valence-corrected chi connectivity index (χ1v) is 8.80. The van der Waals surface area contributed by atoms with E-state index in [9.17, 15) is 24.5 Å². The third-order valence-electron chi connectivity index (χ3n) is 4.66. The van der Waals surface area contributed by atoms with Crippen LogP contribution in [0.15, 0.2) is 39.9 Å². The van der Waals surface area contributed by atoms with Crippen LogP contribution < -0.4 is 21.2 Å². The number of carbonyl (C=O) groups is 1. The zero-order chi connectivity index (χ0) is 22.0. The van der Waals surface area contributed by atoms with E-state index >= 15 is 0 Å². The van der Waals surface area contributed by atoms with Crippen LogP contribution >= 0.6 is 0 Å². The van der Waals surface area contributed by atoms with Gasteiger partial charge in [-0.2, -0.15) is 0 Å². The van der Waals surface area contributed by atoms with E-state index in [1.54, 1.807) is 24.3 Å². The number of urea groups is 1. The number of benzene rings is 2. The Morgan fingerprint density at radius 2 is 1.83 bits per heavy atom. The third-order valence-corrected chi connectivity index (χ3v) is 4.66. The van der Waals surface area contributed by atoms with Crippen molar-refractivity contribution in [3.05, 3.63) is 72.3 Å². The van der Waals surface area contributed by atoms with Gasteiger partial charge in [-0.15, -0.1) is 0 Å². The molecule has 0 fully saturated rings. The van der Waals surface area contributed by atoms with Crippen LogP contribution in [-0.2, 0) is 6.54 Å². The van der Waals surface area contributed by atoms with E-state index in [1.807, 2.05) is 0 Å². The van der Waals surface area contributed by atoms with Crippen LogP contribution in [0.25, 0.3) is 11.0 Å². The second-order valence-corrected chi connectivity index (χ2v) is 6.60. The number of hydrogen-bond donors (Lipinski definition) is 3. The van der Waals surface area contributed by atoms with E-state index in [2.05, 4.69) is 15.3 Å². The van der Waals surface area contributed by atoms with Gasteiger partial charge >= 0.3 is 17.1 Å². The zero-order valence-electron chi connectivity index (χ0n) is 16.4. The Bertz CT molecular complexity index is 1250. The first-order valence-electron chi connectivity index (χ1n) is 8.80. The number of aromatic amines is 2. The van der Waals surface area contributed by atoms with Crippen LogP contribution in [0.4, 0.5) is 16.2 Å². The molecular formula is C19H19N5O6. The molecule has 0 saturated heterocycles. The average Bonchev–Trinajstić information content (AvgIpc) is 2.71. The number of nitrogens with one attached hydrogen (secondary N) is 3. The number of nitrogens with zero attached hydrogens (tertiary/aromatic N) is 2. The van der Waals surface area contributed by atoms with Crippen molar-refractivity contribution in [2.24, 2.45) is 0 Å². The Balaban J connectivity index is 1.96. The Hall–Kier alpha value is -4.15. The predicted molar refractivity (Wildman–Crippen MR) is 110 cm³/mol. The quantitative estimate of drug-likeness (QED) is 0.331. The summed E-state index contributed by atoms with van der Waals surface area (Å²) in [5.41, 5.74) is -0.545. The molecule has 0 bridgehead atoms. The zero-order valence-corrected chi connectivity index (χ0v) is 16.4. The van der Waals surface area contributed by atoms with Crippen LogP contribution in [-0.4, -0.2) is 40.0 Å². The highest BCUT2D eigenvalue weighted by Gasteiger charge is 2.22. The second kappa shape index (κ2) is 8.07. The molecule has 11 heteroatoms. The fraction of sp³-hybridized carbons (Fsp3) is 0.211. The third kappa shape index (κ3) is 3.99. The number of carbonyl (C=O) groups excluding carboxylic acids is 1. The topological polar surface area (TPSA) is 150 Å². The van der Waals surface area contributed by atoms with Gasteiger partial charge in [-0.1, -0.05) is 0 Å². The number of hydrogen-bond acceptors (Lipinski definition) is 6. The average molecular weight is 413 g/mol. The molecule has 2 amide bonds. The van der Waals surface area contributed by atoms with Crippen molar-refractivity contribution in [2.75, 3.05) is 19.5 Å². The van der Waals surface area contributed by atoms with Crippen LogP contribution in [0.2, 0.25) is 0 Å². The van der Waals surface area contributed by atoms with Gasteiger partial charge in [-0.25, -0.2) is 4.79 Å². The van der Waals surface area contributed by atoms with Crippen molar-refractivity contribution < 1.29 is 14.5 Å². The van der Waals surface area contributed by atoms with E-state index < -0.39 is 22.1 Å². The maximum absolute atomic E-state index is 12.6. The molecule has 1 heterocycles. The molecular weight excluding hydrogens is 394 g/mol. The molecule has 3 N–H and O–H groups in total. The van der Waals surface area contributed by atoms with Gasteiger partial charge in [0.25, 0.3) is 5.69 Å². The molecule has 0 aliphatic carbocycles. The van der Waals surface area contributed by atoms with Crippen molar-refractivity contribution in [1.82, 2.24) is 14.9 Å². The first kappa shape index (κ1) is 20.6. The molecule has 0 spiro atoms. The molecule has 3 aromatic rings. The van der Waals surface area contributed by atoms with Crippen molar-refractivity contribution in [1.29, 1.82) is 0 Å². The number of aromatic nitrogens is 2. The number of amides is 2. The van der Waals surface area contributed by atoms with Gasteiger partial charge < -0.3 is 24.9 Å². The van der Waals surface area contributed by atoms with Crippen LogP contribution in [0.3, 0.4) is 0 Å². The lowest BCUT2D eigenvalue weighted by atomic mass is 10.0. The molecule has 0 atom stereocenters. The molecule has 30 heavy (non-hydrogen) atoms. The summed E-state index contributed by atoms with van der Waals surface area (Å²) in [4.78, 5) is 52.9. The number of H-pyrrole nitrogens is 2. The van der Waals surface area contributed by atoms with E-state index in [4.69, 9.17) is 4.74 Å². The van der Waals surface area contributed by atoms with Crippen molar-refractivity contribution in [3.8, 4) is 5.75 Å². The van der Waals surface area contributed by atoms with Crippen molar-refractivity contribution in [3.63, 3.8) is 0 Å². The predicted octanol–water partition coefficient (Wildman–Crippen LogP) is 2.11. The highest BCUT2D eigenvalue weighted by Crippen LogP contribution is 2.28. The van der Waals surface area contributed by atoms with Gasteiger partial charge in [0.15, 0.2) is 0 Å². The number of nitro groups is 1. The van der Waals surface area contributed by atoms with E-state index in [1.165, 1.54) is 32.0 Å². The molecule has 1 aromatic heterocycles. The van der Waals surface area contributed by atoms with E-state index in [0.717, 1.165) is 0 Å². The van der Waals surface area contributed by atoms with Gasteiger partial charge in [0.1, 0.15) is 5.75 Å². The van der Waals surface area contributed by atoms with Crippen molar-refractivity contribution >= 4 is 28.4 Å². The van der Waals surface area contributed by atoms with Gasteiger partial charge in [-0.3, -0.25) is 19.7 Å². The maximum atomic E-state index is 12.6. The minimum atomic E-state index is -0.919. The smallest absolute Gasteiger partial charge is 0.321 e. The largest absolute Gasteiger partial charge is 0.497 e. The number of fused-ring (bicyclic) bond motifs is 1. The first-order chi connectivity index (χ1) is 14.2. The summed E-state index contributed by atoms with van der Waals surface area (Å²) in [5, 5.41) is 14.1. The van der Waals surface area contributed by atoms with Gasteiger partial charge in [0.05, 0.1) is 23.1 Å². The minimum Gasteiger partial charge on any atom is -0.497 e. The molecule has 0 saturated carbocycles. The second-order valence-electron chi connectivity index (χ2n) is 6.60. The summed E-state index contributed by atoms with van der Waals surface area (Å²) < 4.78 is 5.07. The lowest BCUT2D eigenvalue weighted by Crippen LogP contribution is -2.32. The monoisotopic (exact) mass is 413 g/mol. The van der Waals surface area contributed by atoms with Crippen molar-refractivity contribution in [2.45, 2.75) is 13.5 Å². The molecule has 156 valence electrons. The molecule has 2 aromatic carbocycles. The standard InChI is InChI=1S/C19H19N5O6/c1-10-13(9-23(2)19(27)20-11-4-6-12(30-3)7-5-11)16-14(8-15(10)24(28)29)21-17(25)18(26)22-16/h4-8H,9H2,1-3H3,(H,20,27)(H,21,25)(H,22,26). The van der Waals surface area contributed by atoms with Crippen LogP contribution in [0, 0.1) is 17.0 Å². The van der Waals surface area contributed by atoms with Crippen LogP contribution in [0.5, 0.6) is 5.75 Å². The molecule has 0 aliphatic heterocycles. The van der Waals surface area contributed by atoms with Crippen LogP contribution in [0.1, 0.15) is 11.1 Å². The number of ether oxygens (including phenoxy) is 1. The summed E-state index contributed by atoms with van der Waals surface area (Å²) in [6.07, 6.45) is 0. The Morgan fingerprint density at radius 3 is 2.43 bits per heavy atom. The highest BCUT2D eigenvalue weighted by atomic mass is 16.6. The minimum absolute atomic E-state index is 0.0476. The summed E-state index contributed by atoms with van der Waals surface area (Å²) in [5.74, 6) is 0.637. The number of rotatable bonds is 5. The number of anilines is 1. The summed E-state index contributed by atoms with van der Waals surface area (Å²) in [7, 11) is 3.04. The molecule has 0 radical (unpaired) electrons. The van der Waals surface area contributed by atoms with Gasteiger partial charge in [-0.05, 0) is 31.2 Å². The maximum Gasteiger partial charge on any atom is 0.321 e. The van der Waals surface area contributed by atoms with Gasteiger partial charge in [0.2, 0.25) is 0 Å². The summed E-state index contributed by atoms with van der Waals surface area (Å²) >= 11 is 0.